The summed E-state index contributed by atoms with van der Waals surface area (Å²) in [6, 6.07) is 23.5. The number of ether oxygens (including phenoxy) is 2. The Kier molecular flexibility index (Phi) is 4.89. The van der Waals surface area contributed by atoms with Gasteiger partial charge in [-0.05, 0) is 30.7 Å². The molecule has 1 atom stereocenters. The van der Waals surface area contributed by atoms with Crippen LogP contribution in [0.25, 0.3) is 27.8 Å². The molecular formula is C29H25N3O4. The van der Waals surface area contributed by atoms with Gasteiger partial charge in [-0.1, -0.05) is 60.2 Å². The smallest absolute Gasteiger partial charge is 0.331 e. The van der Waals surface area contributed by atoms with Gasteiger partial charge in [-0.3, -0.25) is 13.9 Å². The Morgan fingerprint density at radius 3 is 2.31 bits per heavy atom. The van der Waals surface area contributed by atoms with Gasteiger partial charge >= 0.3 is 5.69 Å². The fourth-order valence-electron chi connectivity index (χ4n) is 5.19. The Morgan fingerprint density at radius 2 is 1.56 bits per heavy atom. The summed E-state index contributed by atoms with van der Waals surface area (Å²) in [5.41, 5.74) is 4.85. The van der Waals surface area contributed by atoms with Crippen molar-refractivity contribution in [3.05, 3.63) is 110 Å². The van der Waals surface area contributed by atoms with Crippen molar-refractivity contribution in [1.82, 2.24) is 13.7 Å². The van der Waals surface area contributed by atoms with E-state index in [-0.39, 0.29) is 5.56 Å². The molecule has 7 heteroatoms. The number of aromatic nitrogens is 3. The number of benzene rings is 3. The molecule has 36 heavy (non-hydrogen) atoms. The van der Waals surface area contributed by atoms with Gasteiger partial charge in [-0.2, -0.15) is 0 Å². The van der Waals surface area contributed by atoms with Crippen LogP contribution in [-0.2, 0) is 14.1 Å². The molecule has 0 saturated heterocycles. The third kappa shape index (κ3) is 2.99. The molecule has 0 unspecified atom stereocenters. The monoisotopic (exact) mass is 479 g/mol. The molecule has 0 radical (unpaired) electrons. The van der Waals surface area contributed by atoms with Crippen LogP contribution in [0.15, 0.2) is 82.4 Å². The van der Waals surface area contributed by atoms with Crippen LogP contribution in [0.2, 0.25) is 0 Å². The summed E-state index contributed by atoms with van der Waals surface area (Å²) in [7, 11) is 4.83. The van der Waals surface area contributed by atoms with Crippen LogP contribution in [-0.4, -0.2) is 20.8 Å². The van der Waals surface area contributed by atoms with Crippen molar-refractivity contribution >= 4 is 10.9 Å². The zero-order valence-corrected chi connectivity index (χ0v) is 20.5. The lowest BCUT2D eigenvalue weighted by molar-refractivity contribution is 0.223. The minimum atomic E-state index is -0.615. The van der Waals surface area contributed by atoms with E-state index in [9.17, 15) is 9.59 Å². The summed E-state index contributed by atoms with van der Waals surface area (Å²) < 4.78 is 17.1. The van der Waals surface area contributed by atoms with E-state index < -0.39 is 11.8 Å². The topological polar surface area (TPSA) is 67.4 Å². The molecule has 0 bridgehead atoms. The van der Waals surface area contributed by atoms with Crippen LogP contribution in [0, 0.1) is 6.92 Å². The van der Waals surface area contributed by atoms with E-state index in [1.165, 1.54) is 7.05 Å². The second-order valence-electron chi connectivity index (χ2n) is 9.07. The Balaban J connectivity index is 1.86. The normalized spacial score (nSPS) is 14.3. The van der Waals surface area contributed by atoms with Gasteiger partial charge in [-0.15, -0.1) is 0 Å². The van der Waals surface area contributed by atoms with Gasteiger partial charge in [0.1, 0.15) is 11.5 Å². The Morgan fingerprint density at radius 1 is 0.861 bits per heavy atom. The van der Waals surface area contributed by atoms with Crippen molar-refractivity contribution in [2.75, 3.05) is 7.11 Å². The molecule has 0 spiro atoms. The summed E-state index contributed by atoms with van der Waals surface area (Å²) in [5, 5.41) is 0.471. The van der Waals surface area contributed by atoms with Crippen LogP contribution in [0.1, 0.15) is 22.9 Å². The third-order valence-corrected chi connectivity index (χ3v) is 6.95. The average Bonchev–Trinajstić information content (AvgIpc) is 3.27. The number of aryl methyl sites for hydroxylation is 2. The molecular weight excluding hydrogens is 454 g/mol. The molecule has 6 rings (SSSR count). The van der Waals surface area contributed by atoms with Crippen molar-refractivity contribution in [2.45, 2.75) is 13.0 Å². The molecule has 1 aliphatic rings. The van der Waals surface area contributed by atoms with E-state index >= 15 is 0 Å². The maximum absolute atomic E-state index is 13.7. The van der Waals surface area contributed by atoms with Gasteiger partial charge in [0.25, 0.3) is 5.56 Å². The molecule has 0 fully saturated rings. The summed E-state index contributed by atoms with van der Waals surface area (Å²) in [6.45, 7) is 2.03. The molecule has 7 nitrogen and oxygen atoms in total. The maximum atomic E-state index is 13.7. The Bertz CT molecular complexity index is 1770. The van der Waals surface area contributed by atoms with Crippen LogP contribution < -0.4 is 20.7 Å². The number of nitrogens with zero attached hydrogens (tertiary/aromatic N) is 3. The predicted octanol–water partition coefficient (Wildman–Crippen LogP) is 4.49. The Hall–Kier alpha value is -4.52. The molecule has 0 amide bonds. The lowest BCUT2D eigenvalue weighted by Crippen LogP contribution is -2.37. The van der Waals surface area contributed by atoms with Gasteiger partial charge in [0, 0.05) is 19.7 Å². The summed E-state index contributed by atoms with van der Waals surface area (Å²) in [6.07, 6.45) is -0.615. The van der Waals surface area contributed by atoms with E-state index in [1.807, 2.05) is 79.7 Å². The third-order valence-electron chi connectivity index (χ3n) is 6.95. The highest BCUT2D eigenvalue weighted by Gasteiger charge is 2.37. The van der Waals surface area contributed by atoms with Gasteiger partial charge in [-0.25, -0.2) is 4.79 Å². The van der Waals surface area contributed by atoms with Gasteiger partial charge < -0.3 is 14.0 Å². The van der Waals surface area contributed by atoms with Crippen molar-refractivity contribution < 1.29 is 9.47 Å². The number of para-hydroxylation sites is 3. The molecule has 0 aliphatic carbocycles. The zero-order valence-electron chi connectivity index (χ0n) is 20.5. The summed E-state index contributed by atoms with van der Waals surface area (Å²) in [5.74, 6) is 1.34. The van der Waals surface area contributed by atoms with Crippen LogP contribution in [0.3, 0.4) is 0 Å². The molecule has 3 aromatic carbocycles. The van der Waals surface area contributed by atoms with Gasteiger partial charge in [0.05, 0.1) is 35.1 Å². The number of fused-ring (bicyclic) bond motifs is 5. The molecule has 1 aliphatic heterocycles. The molecule has 0 saturated carbocycles. The quantitative estimate of drug-likeness (QED) is 0.382. The van der Waals surface area contributed by atoms with Crippen molar-refractivity contribution in [3.8, 4) is 28.4 Å². The highest BCUT2D eigenvalue weighted by Crippen LogP contribution is 2.47. The van der Waals surface area contributed by atoms with Crippen molar-refractivity contribution in [2.24, 2.45) is 14.1 Å². The lowest BCUT2D eigenvalue weighted by atomic mass is 10.0. The molecule has 5 aromatic rings. The highest BCUT2D eigenvalue weighted by molar-refractivity contribution is 5.98. The van der Waals surface area contributed by atoms with Crippen molar-refractivity contribution in [1.29, 1.82) is 0 Å². The van der Waals surface area contributed by atoms with Crippen molar-refractivity contribution in [3.63, 3.8) is 0 Å². The first-order chi connectivity index (χ1) is 17.4. The largest absolute Gasteiger partial charge is 0.496 e. The molecule has 2 aromatic heterocycles. The average molecular weight is 480 g/mol. The molecule has 180 valence electrons. The number of hydrogen-bond donors (Lipinski definition) is 0. The first-order valence-electron chi connectivity index (χ1n) is 11.7. The fraction of sp³-hybridized carbons (Fsp3) is 0.172. The SMILES string of the molecule is COc1ccccc1[C@@H]1Oc2ccccc2-n2c(-c3ccc(C)cc3)c3c(=O)n(C)c(=O)n(C)c3c21. The minimum absolute atomic E-state index is 0.346. The number of methoxy groups -OCH3 is 1. The minimum Gasteiger partial charge on any atom is -0.496 e. The van der Waals surface area contributed by atoms with Crippen LogP contribution in [0.5, 0.6) is 11.5 Å². The second-order valence-corrected chi connectivity index (χ2v) is 9.07. The predicted molar refractivity (Wildman–Crippen MR) is 139 cm³/mol. The zero-order chi connectivity index (χ0) is 25.1. The maximum Gasteiger partial charge on any atom is 0.331 e. The highest BCUT2D eigenvalue weighted by atomic mass is 16.5. The van der Waals surface area contributed by atoms with E-state index in [0.717, 1.165) is 32.6 Å². The summed E-state index contributed by atoms with van der Waals surface area (Å²) in [4.78, 5) is 26.9. The molecule has 3 heterocycles. The van der Waals surface area contributed by atoms with Crippen LogP contribution in [0.4, 0.5) is 0 Å². The second kappa shape index (κ2) is 8.02. The number of hydrogen-bond acceptors (Lipinski definition) is 4. The molecule has 0 N–H and O–H groups in total. The van der Waals surface area contributed by atoms with E-state index in [4.69, 9.17) is 9.47 Å². The lowest BCUT2D eigenvalue weighted by Gasteiger charge is -2.30. The van der Waals surface area contributed by atoms with E-state index in [2.05, 4.69) is 4.57 Å². The van der Waals surface area contributed by atoms with E-state index in [1.54, 1.807) is 18.7 Å². The van der Waals surface area contributed by atoms with Crippen LogP contribution >= 0.6 is 0 Å². The number of rotatable bonds is 3. The van der Waals surface area contributed by atoms with Gasteiger partial charge in [0.2, 0.25) is 0 Å². The van der Waals surface area contributed by atoms with E-state index in [0.29, 0.717) is 28.1 Å². The Labute approximate surface area is 207 Å². The summed E-state index contributed by atoms with van der Waals surface area (Å²) >= 11 is 0. The van der Waals surface area contributed by atoms with Gasteiger partial charge in [0.15, 0.2) is 6.10 Å². The standard InChI is InChI=1S/C29H25N3O4/c1-17-13-15-18(16-14-17)24-23-25(30(2)29(34)31(3)28(23)33)26-27(19-9-5-7-11-21(19)35-4)36-22-12-8-6-10-20(22)32(24)26/h5-16,27H,1-4H3/t27-/m0/s1. The first-order valence-corrected chi connectivity index (χ1v) is 11.7. The fourth-order valence-corrected chi connectivity index (χ4v) is 5.19. The first kappa shape index (κ1) is 22.0.